The molecule has 1 aliphatic rings. The van der Waals surface area contributed by atoms with Gasteiger partial charge in [-0.3, -0.25) is 9.59 Å². The van der Waals surface area contributed by atoms with Gasteiger partial charge in [-0.15, -0.1) is 0 Å². The molecule has 0 spiro atoms. The van der Waals surface area contributed by atoms with Gasteiger partial charge in [-0.2, -0.15) is 0 Å². The zero-order valence-corrected chi connectivity index (χ0v) is 11.0. The third-order valence-corrected chi connectivity index (χ3v) is 3.30. The van der Waals surface area contributed by atoms with Gasteiger partial charge in [0.25, 0.3) is 0 Å². The Morgan fingerprint density at radius 3 is 2.27 bits per heavy atom. The predicted octanol–water partition coefficient (Wildman–Crippen LogP) is 1.39. The fourth-order valence-corrected chi connectivity index (χ4v) is 2.25. The number of aromatic hydroxyl groups is 4. The highest BCUT2D eigenvalue weighted by molar-refractivity contribution is 6.47. The summed E-state index contributed by atoms with van der Waals surface area (Å²) in [5, 5.41) is 37.9. The van der Waals surface area contributed by atoms with Gasteiger partial charge in [-0.1, -0.05) is 6.07 Å². The molecule has 7 nitrogen and oxygen atoms in total. The monoisotopic (exact) mass is 302 g/mol. The van der Waals surface area contributed by atoms with Gasteiger partial charge in [-0.25, -0.2) is 0 Å². The number of rotatable bonds is 1. The van der Waals surface area contributed by atoms with Crippen LogP contribution in [0.2, 0.25) is 0 Å². The molecule has 0 saturated carbocycles. The molecular weight excluding hydrogens is 292 g/mol. The first-order valence-corrected chi connectivity index (χ1v) is 6.21. The Kier molecular flexibility index (Phi) is 2.91. The summed E-state index contributed by atoms with van der Waals surface area (Å²) >= 11 is 0. The molecule has 0 aliphatic carbocycles. The molecule has 1 aliphatic heterocycles. The molecule has 0 bridgehead atoms. The van der Waals surface area contributed by atoms with E-state index in [0.29, 0.717) is 0 Å². The van der Waals surface area contributed by atoms with Crippen molar-refractivity contribution in [2.24, 2.45) is 0 Å². The maximum Gasteiger partial charge on any atom is 0.248 e. The minimum atomic E-state index is -1.34. The van der Waals surface area contributed by atoms with Gasteiger partial charge in [0, 0.05) is 17.7 Å². The molecule has 0 saturated heterocycles. The van der Waals surface area contributed by atoms with Crippen molar-refractivity contribution in [3.8, 4) is 28.7 Å². The first kappa shape index (κ1) is 13.7. The number of ketones is 2. The fraction of sp³-hybridized carbons (Fsp3) is 0.0667. The van der Waals surface area contributed by atoms with E-state index in [0.717, 1.165) is 24.3 Å². The molecule has 1 atom stereocenters. The Bertz CT molecular complexity index is 810. The van der Waals surface area contributed by atoms with Gasteiger partial charge in [0.1, 0.15) is 22.8 Å². The molecule has 0 radical (unpaired) electrons. The van der Waals surface area contributed by atoms with Gasteiger partial charge >= 0.3 is 0 Å². The smallest absolute Gasteiger partial charge is 0.248 e. The molecule has 112 valence electrons. The number of ether oxygens (including phenoxy) is 1. The topological polar surface area (TPSA) is 124 Å². The van der Waals surface area contributed by atoms with Crippen molar-refractivity contribution >= 4 is 11.6 Å². The summed E-state index contributed by atoms with van der Waals surface area (Å²) in [6, 6.07) is 5.60. The molecule has 2 aromatic carbocycles. The van der Waals surface area contributed by atoms with Crippen molar-refractivity contribution < 1.29 is 34.8 Å². The first-order chi connectivity index (χ1) is 10.4. The number of hydrogen-bond acceptors (Lipinski definition) is 7. The summed E-state index contributed by atoms with van der Waals surface area (Å²) in [5.74, 6) is -3.76. The summed E-state index contributed by atoms with van der Waals surface area (Å²) in [5.41, 5.74) is -0.163. The normalized spacial score (nSPS) is 17.0. The van der Waals surface area contributed by atoms with Crippen LogP contribution in [0.4, 0.5) is 0 Å². The molecule has 0 fully saturated rings. The standard InChI is InChI=1S/C15H10O7/c16-7-4-10(19)12-11(5-7)22-15(14(21)13(12)20)6-1-2-8(17)9(18)3-6/h1-5,15-19H/t15-/m1/s1. The maximum absolute atomic E-state index is 12.1. The molecule has 4 N–H and O–H groups in total. The lowest BCUT2D eigenvalue weighted by Crippen LogP contribution is -2.31. The van der Waals surface area contributed by atoms with E-state index >= 15 is 0 Å². The van der Waals surface area contributed by atoms with E-state index < -0.39 is 29.2 Å². The number of carbonyl (C=O) groups excluding carboxylic acids is 2. The zero-order valence-electron chi connectivity index (χ0n) is 11.0. The Hall–Kier alpha value is -3.22. The summed E-state index contributed by atoms with van der Waals surface area (Å²) in [4.78, 5) is 24.2. The minimum Gasteiger partial charge on any atom is -0.508 e. The third-order valence-electron chi connectivity index (χ3n) is 3.30. The van der Waals surface area contributed by atoms with Gasteiger partial charge in [0.2, 0.25) is 11.6 Å². The maximum atomic E-state index is 12.1. The summed E-state index contributed by atoms with van der Waals surface area (Å²) in [6.07, 6.45) is -1.34. The van der Waals surface area contributed by atoms with Crippen LogP contribution >= 0.6 is 0 Å². The SMILES string of the molecule is O=C1C(=O)[C@@H](c2ccc(O)c(O)c2)Oc2cc(O)cc(O)c21. The summed E-state index contributed by atoms with van der Waals surface area (Å²) in [6.45, 7) is 0. The van der Waals surface area contributed by atoms with Crippen LogP contribution in [0.5, 0.6) is 28.7 Å². The highest BCUT2D eigenvalue weighted by Crippen LogP contribution is 2.41. The van der Waals surface area contributed by atoms with Crippen LogP contribution in [0.3, 0.4) is 0 Å². The van der Waals surface area contributed by atoms with Gasteiger partial charge < -0.3 is 25.2 Å². The highest BCUT2D eigenvalue weighted by Gasteiger charge is 2.39. The van der Waals surface area contributed by atoms with Crippen LogP contribution in [-0.2, 0) is 4.79 Å². The average molecular weight is 302 g/mol. The van der Waals surface area contributed by atoms with E-state index in [-0.39, 0.29) is 28.4 Å². The lowest BCUT2D eigenvalue weighted by atomic mass is 9.94. The average Bonchev–Trinajstić information content (AvgIpc) is 2.45. The molecule has 22 heavy (non-hydrogen) atoms. The summed E-state index contributed by atoms with van der Waals surface area (Å²) < 4.78 is 5.37. The number of phenolic OH excluding ortho intramolecular Hbond substituents is 4. The number of hydrogen-bond donors (Lipinski definition) is 4. The molecule has 0 unspecified atom stereocenters. The number of fused-ring (bicyclic) bond motifs is 1. The molecule has 0 aromatic heterocycles. The van der Waals surface area contributed by atoms with E-state index in [1.165, 1.54) is 6.07 Å². The fourth-order valence-electron chi connectivity index (χ4n) is 2.25. The Morgan fingerprint density at radius 2 is 1.59 bits per heavy atom. The second-order valence-corrected chi connectivity index (χ2v) is 4.78. The van der Waals surface area contributed by atoms with E-state index in [4.69, 9.17) is 4.74 Å². The van der Waals surface area contributed by atoms with Crippen LogP contribution in [0, 0.1) is 0 Å². The largest absolute Gasteiger partial charge is 0.508 e. The number of phenols is 4. The molecule has 3 rings (SSSR count). The van der Waals surface area contributed by atoms with E-state index in [1.54, 1.807) is 0 Å². The van der Waals surface area contributed by atoms with Gasteiger partial charge in [-0.05, 0) is 12.1 Å². The van der Waals surface area contributed by atoms with Gasteiger partial charge in [0.15, 0.2) is 17.6 Å². The van der Waals surface area contributed by atoms with Crippen molar-refractivity contribution in [3.63, 3.8) is 0 Å². The molecule has 1 heterocycles. The molecular formula is C15H10O7. The predicted molar refractivity (Wildman–Crippen MR) is 72.2 cm³/mol. The van der Waals surface area contributed by atoms with E-state index in [9.17, 15) is 30.0 Å². The van der Waals surface area contributed by atoms with Crippen molar-refractivity contribution in [3.05, 3.63) is 41.5 Å². The lowest BCUT2D eigenvalue weighted by Gasteiger charge is -2.25. The number of benzene rings is 2. The Labute approximate surface area is 123 Å². The summed E-state index contributed by atoms with van der Waals surface area (Å²) in [7, 11) is 0. The van der Waals surface area contributed by atoms with Crippen LogP contribution in [0.25, 0.3) is 0 Å². The molecule has 2 aromatic rings. The first-order valence-electron chi connectivity index (χ1n) is 6.21. The number of carbonyl (C=O) groups is 2. The third kappa shape index (κ3) is 1.99. The van der Waals surface area contributed by atoms with Gasteiger partial charge in [0.05, 0.1) is 0 Å². The molecule has 0 amide bonds. The lowest BCUT2D eigenvalue weighted by molar-refractivity contribution is -0.122. The Morgan fingerprint density at radius 1 is 0.864 bits per heavy atom. The quantitative estimate of drug-likeness (QED) is 0.463. The molecule has 7 heteroatoms. The van der Waals surface area contributed by atoms with Crippen molar-refractivity contribution in [1.82, 2.24) is 0 Å². The number of Topliss-reactive ketones (excluding diaryl/α,β-unsaturated/α-hetero) is 2. The minimum absolute atomic E-state index is 0.139. The van der Waals surface area contributed by atoms with Crippen LogP contribution < -0.4 is 4.74 Å². The Balaban J connectivity index is 2.10. The zero-order chi connectivity index (χ0) is 16.0. The van der Waals surface area contributed by atoms with Crippen LogP contribution in [0.15, 0.2) is 30.3 Å². The van der Waals surface area contributed by atoms with E-state index in [1.807, 2.05) is 0 Å². The van der Waals surface area contributed by atoms with E-state index in [2.05, 4.69) is 0 Å². The van der Waals surface area contributed by atoms with Crippen molar-refractivity contribution in [2.75, 3.05) is 0 Å². The van der Waals surface area contributed by atoms with Crippen molar-refractivity contribution in [1.29, 1.82) is 0 Å². The van der Waals surface area contributed by atoms with Crippen LogP contribution in [0.1, 0.15) is 22.0 Å². The second kappa shape index (κ2) is 4.66. The highest BCUT2D eigenvalue weighted by atomic mass is 16.5. The van der Waals surface area contributed by atoms with Crippen molar-refractivity contribution in [2.45, 2.75) is 6.10 Å². The second-order valence-electron chi connectivity index (χ2n) is 4.78. The van der Waals surface area contributed by atoms with Crippen LogP contribution in [-0.4, -0.2) is 32.0 Å².